The monoisotopic (exact) mass is 340 g/mol. The molecule has 6 nitrogen and oxygen atoms in total. The third kappa shape index (κ3) is 6.18. The summed E-state index contributed by atoms with van der Waals surface area (Å²) in [5.41, 5.74) is 9.60. The van der Waals surface area contributed by atoms with Crippen LogP contribution in [0.15, 0.2) is 53.6 Å². The molecule has 0 saturated heterocycles. The molecule has 0 aromatic heterocycles. The second-order valence-electron chi connectivity index (χ2n) is 5.85. The SMILES string of the molecule is NN=Cc1cccc(N(CCCC(=O)O)CCc2ccc(N)cc2)c1. The number of rotatable bonds is 9. The van der Waals surface area contributed by atoms with E-state index in [1.54, 1.807) is 6.21 Å². The predicted octanol–water partition coefficient (Wildman–Crippen LogP) is 2.48. The van der Waals surface area contributed by atoms with Gasteiger partial charge in [-0.2, -0.15) is 5.10 Å². The minimum Gasteiger partial charge on any atom is -0.481 e. The van der Waals surface area contributed by atoms with E-state index in [4.69, 9.17) is 16.7 Å². The molecule has 0 bridgehead atoms. The predicted molar refractivity (Wildman–Crippen MR) is 102 cm³/mol. The maximum Gasteiger partial charge on any atom is 0.303 e. The normalized spacial score (nSPS) is 10.9. The van der Waals surface area contributed by atoms with Crippen molar-refractivity contribution in [3.63, 3.8) is 0 Å². The molecule has 0 radical (unpaired) electrons. The summed E-state index contributed by atoms with van der Waals surface area (Å²) in [6.07, 6.45) is 3.19. The molecular weight excluding hydrogens is 316 g/mol. The van der Waals surface area contributed by atoms with Gasteiger partial charge in [-0.3, -0.25) is 4.79 Å². The van der Waals surface area contributed by atoms with Crippen molar-refractivity contribution < 1.29 is 9.90 Å². The summed E-state index contributed by atoms with van der Waals surface area (Å²) >= 11 is 0. The van der Waals surface area contributed by atoms with E-state index in [2.05, 4.69) is 10.0 Å². The summed E-state index contributed by atoms with van der Waals surface area (Å²) in [5.74, 6) is 4.45. The molecule has 0 heterocycles. The zero-order valence-corrected chi connectivity index (χ0v) is 14.1. The van der Waals surface area contributed by atoms with E-state index in [1.165, 1.54) is 5.56 Å². The lowest BCUT2D eigenvalue weighted by molar-refractivity contribution is -0.137. The van der Waals surface area contributed by atoms with Crippen LogP contribution in [0, 0.1) is 0 Å². The third-order valence-electron chi connectivity index (χ3n) is 3.93. The molecule has 0 atom stereocenters. The highest BCUT2D eigenvalue weighted by Gasteiger charge is 2.09. The third-order valence-corrected chi connectivity index (χ3v) is 3.93. The number of nitrogen functional groups attached to an aromatic ring is 1. The molecule has 0 unspecified atom stereocenters. The number of nitrogens with zero attached hydrogens (tertiary/aromatic N) is 2. The quantitative estimate of drug-likeness (QED) is 0.281. The van der Waals surface area contributed by atoms with E-state index in [1.807, 2.05) is 48.5 Å². The van der Waals surface area contributed by atoms with Gasteiger partial charge in [0.15, 0.2) is 0 Å². The molecule has 5 N–H and O–H groups in total. The Balaban J connectivity index is 2.09. The van der Waals surface area contributed by atoms with Gasteiger partial charge in [0.2, 0.25) is 0 Å². The van der Waals surface area contributed by atoms with Crippen molar-refractivity contribution in [1.82, 2.24) is 0 Å². The number of hydrogen-bond donors (Lipinski definition) is 3. The molecule has 0 aliphatic heterocycles. The number of carboxylic acids is 1. The van der Waals surface area contributed by atoms with Crippen molar-refractivity contribution in [2.75, 3.05) is 23.7 Å². The molecule has 2 aromatic carbocycles. The van der Waals surface area contributed by atoms with Crippen LogP contribution in [0.5, 0.6) is 0 Å². The molecule has 0 saturated carbocycles. The number of anilines is 2. The van der Waals surface area contributed by atoms with Gasteiger partial charge >= 0.3 is 5.97 Å². The first-order chi connectivity index (χ1) is 12.1. The van der Waals surface area contributed by atoms with Gasteiger partial charge in [0.25, 0.3) is 0 Å². The Hall–Kier alpha value is -3.02. The summed E-state index contributed by atoms with van der Waals surface area (Å²) in [6, 6.07) is 15.7. The lowest BCUT2D eigenvalue weighted by Crippen LogP contribution is -2.27. The van der Waals surface area contributed by atoms with Crippen LogP contribution in [0.1, 0.15) is 24.0 Å². The van der Waals surface area contributed by atoms with Crippen molar-refractivity contribution in [2.24, 2.45) is 10.9 Å². The van der Waals surface area contributed by atoms with Gasteiger partial charge in [0, 0.05) is 30.9 Å². The van der Waals surface area contributed by atoms with E-state index in [-0.39, 0.29) is 6.42 Å². The lowest BCUT2D eigenvalue weighted by atomic mass is 10.1. The number of carbonyl (C=O) groups is 1. The molecule has 6 heteroatoms. The van der Waals surface area contributed by atoms with Crippen molar-refractivity contribution in [2.45, 2.75) is 19.3 Å². The van der Waals surface area contributed by atoms with Gasteiger partial charge < -0.3 is 21.6 Å². The molecule has 0 aliphatic carbocycles. The van der Waals surface area contributed by atoms with Gasteiger partial charge in [-0.25, -0.2) is 0 Å². The first-order valence-electron chi connectivity index (χ1n) is 8.23. The first-order valence-corrected chi connectivity index (χ1v) is 8.23. The van der Waals surface area contributed by atoms with Crippen molar-refractivity contribution in [3.8, 4) is 0 Å². The maximum absolute atomic E-state index is 10.8. The van der Waals surface area contributed by atoms with Gasteiger partial charge in [-0.1, -0.05) is 24.3 Å². The number of carboxylic acid groups (broad SMARTS) is 1. The summed E-state index contributed by atoms with van der Waals surface area (Å²) in [5, 5.41) is 12.4. The molecule has 0 amide bonds. The summed E-state index contributed by atoms with van der Waals surface area (Å²) < 4.78 is 0. The molecule has 25 heavy (non-hydrogen) atoms. The molecule has 2 rings (SSSR count). The fourth-order valence-electron chi connectivity index (χ4n) is 2.63. The minimum atomic E-state index is -0.775. The maximum atomic E-state index is 10.8. The fraction of sp³-hybridized carbons (Fsp3) is 0.263. The smallest absolute Gasteiger partial charge is 0.303 e. The van der Waals surface area contributed by atoms with E-state index < -0.39 is 5.97 Å². The molecular formula is C19H24N4O2. The van der Waals surface area contributed by atoms with E-state index in [0.717, 1.165) is 29.9 Å². The van der Waals surface area contributed by atoms with Crippen LogP contribution >= 0.6 is 0 Å². The Kier molecular flexibility index (Phi) is 6.83. The Bertz CT molecular complexity index is 714. The number of hydrazone groups is 1. The van der Waals surface area contributed by atoms with Crippen molar-refractivity contribution >= 4 is 23.6 Å². The highest BCUT2D eigenvalue weighted by molar-refractivity contribution is 5.81. The first kappa shape index (κ1) is 18.3. The van der Waals surface area contributed by atoms with Gasteiger partial charge in [-0.05, 0) is 48.2 Å². The summed E-state index contributed by atoms with van der Waals surface area (Å²) in [4.78, 5) is 13.0. The minimum absolute atomic E-state index is 0.155. The Morgan fingerprint density at radius 2 is 1.92 bits per heavy atom. The second kappa shape index (κ2) is 9.32. The molecule has 132 valence electrons. The molecule has 2 aromatic rings. The topological polar surface area (TPSA) is 105 Å². The Morgan fingerprint density at radius 3 is 2.60 bits per heavy atom. The number of benzene rings is 2. The van der Waals surface area contributed by atoms with Crippen LogP contribution in [-0.4, -0.2) is 30.4 Å². The summed E-state index contributed by atoms with van der Waals surface area (Å²) in [7, 11) is 0. The van der Waals surface area contributed by atoms with Crippen LogP contribution in [0.4, 0.5) is 11.4 Å². The van der Waals surface area contributed by atoms with Crippen LogP contribution in [0.3, 0.4) is 0 Å². The fourth-order valence-corrected chi connectivity index (χ4v) is 2.63. The Labute approximate surface area is 147 Å². The van der Waals surface area contributed by atoms with E-state index in [9.17, 15) is 4.79 Å². The van der Waals surface area contributed by atoms with Gasteiger partial charge in [-0.15, -0.1) is 0 Å². The van der Waals surface area contributed by atoms with Crippen molar-refractivity contribution in [1.29, 1.82) is 0 Å². The number of aliphatic carboxylic acids is 1. The average molecular weight is 340 g/mol. The van der Waals surface area contributed by atoms with Crippen LogP contribution in [0.25, 0.3) is 0 Å². The largest absolute Gasteiger partial charge is 0.481 e. The average Bonchev–Trinajstić information content (AvgIpc) is 2.59. The molecule has 0 spiro atoms. The zero-order chi connectivity index (χ0) is 18.1. The van der Waals surface area contributed by atoms with Gasteiger partial charge in [0.1, 0.15) is 0 Å². The van der Waals surface area contributed by atoms with Crippen LogP contribution in [0.2, 0.25) is 0 Å². The summed E-state index contributed by atoms with van der Waals surface area (Å²) in [6.45, 7) is 1.46. The standard InChI is InChI=1S/C19H24N4O2/c20-17-8-6-15(7-9-17)10-12-23(11-2-5-19(24)25)18-4-1-3-16(13-18)14-22-21/h1,3-4,6-9,13-14H,2,5,10-12,20-21H2,(H,24,25). The Morgan fingerprint density at radius 1 is 1.16 bits per heavy atom. The lowest BCUT2D eigenvalue weighted by Gasteiger charge is -2.25. The highest BCUT2D eigenvalue weighted by atomic mass is 16.4. The van der Waals surface area contributed by atoms with E-state index in [0.29, 0.717) is 13.0 Å². The molecule has 0 fully saturated rings. The van der Waals surface area contributed by atoms with Crippen LogP contribution < -0.4 is 16.5 Å². The van der Waals surface area contributed by atoms with E-state index >= 15 is 0 Å². The van der Waals surface area contributed by atoms with Gasteiger partial charge in [0.05, 0.1) is 6.21 Å². The number of nitrogens with two attached hydrogens (primary N) is 2. The van der Waals surface area contributed by atoms with Crippen molar-refractivity contribution in [3.05, 3.63) is 59.7 Å². The number of hydrogen-bond acceptors (Lipinski definition) is 5. The second-order valence-corrected chi connectivity index (χ2v) is 5.85. The zero-order valence-electron chi connectivity index (χ0n) is 14.1. The van der Waals surface area contributed by atoms with Crippen LogP contribution in [-0.2, 0) is 11.2 Å². The highest BCUT2D eigenvalue weighted by Crippen LogP contribution is 2.18. The molecule has 0 aliphatic rings.